The number of hydrogen-bond acceptors (Lipinski definition) is 3. The first-order chi connectivity index (χ1) is 7.90. The summed E-state index contributed by atoms with van der Waals surface area (Å²) in [4.78, 5) is 8.14. The van der Waals surface area contributed by atoms with Crippen LogP contribution in [0, 0.1) is 11.3 Å². The van der Waals surface area contributed by atoms with Crippen LogP contribution in [0.4, 0.5) is 0 Å². The first-order valence-corrected chi connectivity index (χ1v) is 5.09. The Bertz CT molecular complexity index is 474. The van der Waals surface area contributed by atoms with Crippen molar-refractivity contribution in [2.75, 3.05) is 0 Å². The fourth-order valence-corrected chi connectivity index (χ4v) is 1.56. The highest BCUT2D eigenvalue weighted by Crippen LogP contribution is 2.17. The summed E-state index contributed by atoms with van der Waals surface area (Å²) >= 11 is 0. The van der Waals surface area contributed by atoms with Gasteiger partial charge in [-0.2, -0.15) is 5.26 Å². The third-order valence-corrected chi connectivity index (χ3v) is 2.38. The standard InChI is InChI=1S/C13H11N3/c14-9-12(13-10-15-6-7-16-13)8-11-4-2-1-3-5-11/h1-7,10,12H,8H2. The molecule has 0 fully saturated rings. The van der Waals surface area contributed by atoms with Crippen LogP contribution in [-0.4, -0.2) is 9.97 Å². The average Bonchev–Trinajstić information content (AvgIpc) is 2.38. The van der Waals surface area contributed by atoms with Gasteiger partial charge in [-0.25, -0.2) is 0 Å². The van der Waals surface area contributed by atoms with Gasteiger partial charge in [-0.3, -0.25) is 9.97 Å². The predicted octanol–water partition coefficient (Wildman–Crippen LogP) is 2.33. The van der Waals surface area contributed by atoms with Gasteiger partial charge in [-0.15, -0.1) is 0 Å². The smallest absolute Gasteiger partial charge is 0.0940 e. The molecule has 1 heterocycles. The lowest BCUT2D eigenvalue weighted by atomic mass is 9.98. The van der Waals surface area contributed by atoms with Crippen LogP contribution in [0.3, 0.4) is 0 Å². The molecule has 1 unspecified atom stereocenters. The van der Waals surface area contributed by atoms with Crippen LogP contribution >= 0.6 is 0 Å². The van der Waals surface area contributed by atoms with Crippen LogP contribution in [0.15, 0.2) is 48.9 Å². The van der Waals surface area contributed by atoms with Crippen molar-refractivity contribution < 1.29 is 0 Å². The molecule has 0 N–H and O–H groups in total. The van der Waals surface area contributed by atoms with Crippen molar-refractivity contribution in [1.29, 1.82) is 5.26 Å². The summed E-state index contributed by atoms with van der Waals surface area (Å²) in [6.07, 6.45) is 5.55. The molecule has 2 rings (SSSR count). The molecule has 2 aromatic rings. The zero-order chi connectivity index (χ0) is 11.2. The topological polar surface area (TPSA) is 49.6 Å². The van der Waals surface area contributed by atoms with Gasteiger partial charge >= 0.3 is 0 Å². The van der Waals surface area contributed by atoms with Gasteiger partial charge in [-0.05, 0) is 12.0 Å². The van der Waals surface area contributed by atoms with Gasteiger partial charge in [0.2, 0.25) is 0 Å². The van der Waals surface area contributed by atoms with E-state index in [1.165, 1.54) is 0 Å². The number of nitrogens with zero attached hydrogens (tertiary/aromatic N) is 3. The van der Waals surface area contributed by atoms with Crippen molar-refractivity contribution in [2.45, 2.75) is 12.3 Å². The second-order valence-corrected chi connectivity index (χ2v) is 3.50. The van der Waals surface area contributed by atoms with Crippen molar-refractivity contribution in [3.05, 3.63) is 60.2 Å². The van der Waals surface area contributed by atoms with E-state index in [1.54, 1.807) is 18.6 Å². The highest BCUT2D eigenvalue weighted by atomic mass is 14.8. The molecule has 3 nitrogen and oxygen atoms in total. The van der Waals surface area contributed by atoms with Crippen LogP contribution in [0.1, 0.15) is 17.2 Å². The fourth-order valence-electron chi connectivity index (χ4n) is 1.56. The minimum absolute atomic E-state index is 0.226. The molecule has 0 radical (unpaired) electrons. The molecule has 0 amide bonds. The second-order valence-electron chi connectivity index (χ2n) is 3.50. The summed E-state index contributed by atoms with van der Waals surface area (Å²) in [5.74, 6) is -0.226. The minimum atomic E-state index is -0.226. The van der Waals surface area contributed by atoms with Crippen molar-refractivity contribution in [3.8, 4) is 6.07 Å². The van der Waals surface area contributed by atoms with Crippen LogP contribution in [0.2, 0.25) is 0 Å². The van der Waals surface area contributed by atoms with Gasteiger partial charge in [0.15, 0.2) is 0 Å². The minimum Gasteiger partial charge on any atom is -0.261 e. The quantitative estimate of drug-likeness (QED) is 0.779. The Balaban J connectivity index is 2.17. The molecule has 0 saturated heterocycles. The highest BCUT2D eigenvalue weighted by molar-refractivity contribution is 5.22. The normalized spacial score (nSPS) is 11.7. The van der Waals surface area contributed by atoms with Crippen molar-refractivity contribution in [2.24, 2.45) is 0 Å². The molecule has 3 heteroatoms. The molecule has 0 aliphatic rings. The molecule has 1 atom stereocenters. The third kappa shape index (κ3) is 2.43. The first-order valence-electron chi connectivity index (χ1n) is 5.09. The zero-order valence-corrected chi connectivity index (χ0v) is 8.74. The van der Waals surface area contributed by atoms with E-state index in [9.17, 15) is 0 Å². The molecular formula is C13H11N3. The molecule has 78 valence electrons. The molecule has 1 aromatic carbocycles. The fraction of sp³-hybridized carbons (Fsp3) is 0.154. The summed E-state index contributed by atoms with van der Waals surface area (Å²) in [6.45, 7) is 0. The number of benzene rings is 1. The van der Waals surface area contributed by atoms with E-state index in [0.717, 1.165) is 11.3 Å². The lowest BCUT2D eigenvalue weighted by Crippen LogP contribution is -2.03. The van der Waals surface area contributed by atoms with Crippen molar-refractivity contribution >= 4 is 0 Å². The average molecular weight is 209 g/mol. The molecule has 0 spiro atoms. The number of hydrogen-bond donors (Lipinski definition) is 0. The molecular weight excluding hydrogens is 198 g/mol. The summed E-state index contributed by atoms with van der Waals surface area (Å²) in [5, 5.41) is 9.12. The molecule has 0 aliphatic heterocycles. The summed E-state index contributed by atoms with van der Waals surface area (Å²) in [5.41, 5.74) is 1.87. The van der Waals surface area contributed by atoms with Crippen LogP contribution in [0.25, 0.3) is 0 Å². The third-order valence-electron chi connectivity index (χ3n) is 2.38. The van der Waals surface area contributed by atoms with Gasteiger partial charge in [0.25, 0.3) is 0 Å². The van der Waals surface area contributed by atoms with E-state index >= 15 is 0 Å². The van der Waals surface area contributed by atoms with E-state index < -0.39 is 0 Å². The van der Waals surface area contributed by atoms with Gasteiger partial charge in [-0.1, -0.05) is 30.3 Å². The Morgan fingerprint density at radius 2 is 2.00 bits per heavy atom. The summed E-state index contributed by atoms with van der Waals surface area (Å²) in [7, 11) is 0. The van der Waals surface area contributed by atoms with E-state index in [4.69, 9.17) is 5.26 Å². The van der Waals surface area contributed by atoms with Crippen LogP contribution < -0.4 is 0 Å². The maximum absolute atomic E-state index is 9.12. The van der Waals surface area contributed by atoms with Crippen molar-refractivity contribution in [3.63, 3.8) is 0 Å². The Morgan fingerprint density at radius 3 is 2.62 bits per heavy atom. The Morgan fingerprint density at radius 1 is 1.19 bits per heavy atom. The predicted molar refractivity (Wildman–Crippen MR) is 60.5 cm³/mol. The van der Waals surface area contributed by atoms with Gasteiger partial charge in [0.05, 0.1) is 17.7 Å². The Hall–Kier alpha value is -2.21. The molecule has 1 aromatic heterocycles. The highest BCUT2D eigenvalue weighted by Gasteiger charge is 2.12. The maximum atomic E-state index is 9.12. The molecule has 0 bridgehead atoms. The molecule has 0 saturated carbocycles. The first kappa shape index (κ1) is 10.3. The number of rotatable bonds is 3. The Labute approximate surface area is 94.4 Å². The largest absolute Gasteiger partial charge is 0.261 e. The summed E-state index contributed by atoms with van der Waals surface area (Å²) < 4.78 is 0. The van der Waals surface area contributed by atoms with Gasteiger partial charge < -0.3 is 0 Å². The van der Waals surface area contributed by atoms with E-state index in [1.807, 2.05) is 30.3 Å². The van der Waals surface area contributed by atoms with E-state index in [-0.39, 0.29) is 5.92 Å². The monoisotopic (exact) mass is 209 g/mol. The van der Waals surface area contributed by atoms with Gasteiger partial charge in [0, 0.05) is 18.6 Å². The van der Waals surface area contributed by atoms with Crippen LogP contribution in [0.5, 0.6) is 0 Å². The molecule has 16 heavy (non-hydrogen) atoms. The lowest BCUT2D eigenvalue weighted by molar-refractivity contribution is 0.804. The zero-order valence-electron chi connectivity index (χ0n) is 8.74. The van der Waals surface area contributed by atoms with E-state index in [2.05, 4.69) is 16.0 Å². The maximum Gasteiger partial charge on any atom is 0.0940 e. The SMILES string of the molecule is N#CC(Cc1ccccc1)c1cnccn1. The Kier molecular flexibility index (Phi) is 3.25. The number of nitriles is 1. The van der Waals surface area contributed by atoms with Crippen LogP contribution in [-0.2, 0) is 6.42 Å². The van der Waals surface area contributed by atoms with Gasteiger partial charge in [0.1, 0.15) is 0 Å². The molecule has 0 aliphatic carbocycles. The summed E-state index contributed by atoms with van der Waals surface area (Å²) in [6, 6.07) is 12.2. The second kappa shape index (κ2) is 5.04. The van der Waals surface area contributed by atoms with E-state index in [0.29, 0.717) is 6.42 Å². The van der Waals surface area contributed by atoms with Crippen molar-refractivity contribution in [1.82, 2.24) is 9.97 Å². The number of aromatic nitrogens is 2. The lowest BCUT2D eigenvalue weighted by Gasteiger charge is -2.07.